The standard InChI is InChI=1S/C15H16ClNO/c1-8-5-9-6-13-10(12(9)7-14(8)16)3-2-4-11(13)15(17)18/h5,7,11H,2-4,6H2,1H3,(H2,17,18)/i2D2,3D2,4D2,5D,11D. The summed E-state index contributed by atoms with van der Waals surface area (Å²) >= 11 is 6.11. The van der Waals surface area contributed by atoms with E-state index in [1.165, 1.54) is 6.07 Å². The number of amides is 1. The largest absolute Gasteiger partial charge is 0.369 e. The summed E-state index contributed by atoms with van der Waals surface area (Å²) < 4.78 is 65.8. The smallest absolute Gasteiger partial charge is 0.224 e. The van der Waals surface area contributed by atoms with Gasteiger partial charge in [0.05, 0.1) is 7.26 Å². The van der Waals surface area contributed by atoms with Gasteiger partial charge in [-0.25, -0.2) is 0 Å². The predicted molar refractivity (Wildman–Crippen MR) is 73.3 cm³/mol. The number of carbonyl (C=O) groups is 1. The minimum Gasteiger partial charge on any atom is -0.369 e. The lowest BCUT2D eigenvalue weighted by atomic mass is 9.82. The average molecular weight is 270 g/mol. The molecule has 18 heavy (non-hydrogen) atoms. The predicted octanol–water partition coefficient (Wildman–Crippen LogP) is 3.24. The number of fused-ring (bicyclic) bond motifs is 2. The first-order chi connectivity index (χ1) is 11.6. The van der Waals surface area contributed by atoms with Crippen molar-refractivity contribution in [2.24, 2.45) is 11.6 Å². The van der Waals surface area contributed by atoms with Crippen LogP contribution in [0.2, 0.25) is 5.02 Å². The molecular formula is C15H16ClNO. The first-order valence-corrected chi connectivity index (χ1v) is 5.84. The quantitative estimate of drug-likeness (QED) is 0.836. The Morgan fingerprint density at radius 2 is 2.50 bits per heavy atom. The van der Waals surface area contributed by atoms with Crippen LogP contribution in [-0.2, 0) is 11.2 Å². The average Bonchev–Trinajstić information content (AvgIpc) is 2.90. The van der Waals surface area contributed by atoms with Crippen LogP contribution in [0, 0.1) is 12.8 Å². The highest BCUT2D eigenvalue weighted by molar-refractivity contribution is 6.31. The van der Waals surface area contributed by atoms with Crippen molar-refractivity contribution in [1.82, 2.24) is 0 Å². The molecule has 94 valence electrons. The van der Waals surface area contributed by atoms with E-state index in [-0.39, 0.29) is 39.8 Å². The second-order valence-electron chi connectivity index (χ2n) is 4.28. The van der Waals surface area contributed by atoms with Gasteiger partial charge in [0.25, 0.3) is 0 Å². The summed E-state index contributed by atoms with van der Waals surface area (Å²) in [6, 6.07) is 1.37. The van der Waals surface area contributed by atoms with Gasteiger partial charge in [0.1, 0.15) is 0 Å². The Morgan fingerprint density at radius 3 is 3.22 bits per heavy atom. The molecule has 0 heterocycles. The number of primary amides is 1. The minimum absolute atomic E-state index is 0.00866. The van der Waals surface area contributed by atoms with Crippen LogP contribution in [0.1, 0.15) is 46.8 Å². The Balaban J connectivity index is 2.47. The zero-order valence-corrected chi connectivity index (χ0v) is 10.4. The molecule has 2 aliphatic rings. The van der Waals surface area contributed by atoms with Crippen molar-refractivity contribution >= 4 is 23.1 Å². The SMILES string of the molecule is [2H]c1c(C)c(Cl)cc2c1CC1=C2C([2H])([2H])C([2H])([2H])C([2H])([2H])C1([2H])C(N)=O. The fourth-order valence-electron chi connectivity index (χ4n) is 2.26. The van der Waals surface area contributed by atoms with Crippen LogP contribution in [0.25, 0.3) is 5.57 Å². The fourth-order valence-corrected chi connectivity index (χ4v) is 2.42. The first kappa shape index (κ1) is 5.79. The maximum absolute atomic E-state index is 12.1. The van der Waals surface area contributed by atoms with Gasteiger partial charge in [-0.2, -0.15) is 0 Å². The van der Waals surface area contributed by atoms with Crippen molar-refractivity contribution < 1.29 is 15.8 Å². The summed E-state index contributed by atoms with van der Waals surface area (Å²) in [7, 11) is 0. The molecular weight excluding hydrogens is 246 g/mol. The van der Waals surface area contributed by atoms with Gasteiger partial charge in [0.15, 0.2) is 0 Å². The van der Waals surface area contributed by atoms with Crippen molar-refractivity contribution in [3.8, 4) is 0 Å². The van der Waals surface area contributed by atoms with E-state index in [0.717, 1.165) is 0 Å². The van der Waals surface area contributed by atoms with Gasteiger partial charge in [0.2, 0.25) is 5.91 Å². The third kappa shape index (κ3) is 1.67. The third-order valence-corrected chi connectivity index (χ3v) is 3.53. The van der Waals surface area contributed by atoms with Gasteiger partial charge >= 0.3 is 0 Å². The van der Waals surface area contributed by atoms with Gasteiger partial charge in [-0.3, -0.25) is 4.79 Å². The number of hydrogen-bond acceptors (Lipinski definition) is 1. The van der Waals surface area contributed by atoms with Crippen LogP contribution in [0.15, 0.2) is 17.7 Å². The minimum atomic E-state index is -3.23. The van der Waals surface area contributed by atoms with Crippen LogP contribution >= 0.6 is 11.6 Å². The Kier molecular flexibility index (Phi) is 1.33. The highest BCUT2D eigenvalue weighted by Crippen LogP contribution is 2.45. The van der Waals surface area contributed by atoms with Crippen LogP contribution in [0.3, 0.4) is 0 Å². The van der Waals surface area contributed by atoms with Gasteiger partial charge in [-0.05, 0) is 66.4 Å². The molecule has 0 radical (unpaired) electrons. The molecule has 1 unspecified atom stereocenters. The molecule has 2 aliphatic carbocycles. The van der Waals surface area contributed by atoms with E-state index < -0.39 is 30.9 Å². The molecule has 1 aromatic carbocycles. The molecule has 0 spiro atoms. The molecule has 0 saturated heterocycles. The van der Waals surface area contributed by atoms with E-state index in [1.807, 2.05) is 0 Å². The molecule has 0 bridgehead atoms. The van der Waals surface area contributed by atoms with Crippen LogP contribution in [0.4, 0.5) is 0 Å². The fraction of sp³-hybridized carbons (Fsp3) is 0.400. The van der Waals surface area contributed by atoms with E-state index >= 15 is 0 Å². The molecule has 0 aromatic heterocycles. The summed E-state index contributed by atoms with van der Waals surface area (Å²) in [4.78, 5) is 12.1. The van der Waals surface area contributed by atoms with Gasteiger partial charge in [-0.1, -0.05) is 17.6 Å². The summed E-state index contributed by atoms with van der Waals surface area (Å²) in [6.45, 7) is 1.59. The normalized spacial score (nSPS) is 40.8. The number of nitrogens with two attached hydrogens (primary N) is 1. The van der Waals surface area contributed by atoms with Gasteiger partial charge in [0, 0.05) is 14.6 Å². The number of allylic oxidation sites excluding steroid dienone is 1. The van der Waals surface area contributed by atoms with Crippen LogP contribution < -0.4 is 5.73 Å². The van der Waals surface area contributed by atoms with Crippen molar-refractivity contribution in [3.63, 3.8) is 0 Å². The number of halogens is 1. The van der Waals surface area contributed by atoms with Gasteiger partial charge < -0.3 is 5.73 Å². The number of hydrogen-bond donors (Lipinski definition) is 1. The molecule has 1 aromatic rings. The molecule has 1 atom stereocenters. The summed E-state index contributed by atoms with van der Waals surface area (Å²) in [6.07, 6.45) is -9.54. The zero-order valence-electron chi connectivity index (χ0n) is 17.6. The highest BCUT2D eigenvalue weighted by atomic mass is 35.5. The van der Waals surface area contributed by atoms with Crippen molar-refractivity contribution in [3.05, 3.63) is 39.4 Å². The maximum atomic E-state index is 12.1. The van der Waals surface area contributed by atoms with E-state index in [0.29, 0.717) is 5.56 Å². The van der Waals surface area contributed by atoms with Crippen LogP contribution in [0.5, 0.6) is 0 Å². The number of benzene rings is 1. The summed E-state index contributed by atoms with van der Waals surface area (Å²) in [5.74, 6) is -4.22. The second kappa shape index (κ2) is 4.13. The van der Waals surface area contributed by atoms with Crippen LogP contribution in [-0.4, -0.2) is 5.91 Å². The molecule has 1 amide bonds. The van der Waals surface area contributed by atoms with E-state index in [2.05, 4.69) is 0 Å². The summed E-state index contributed by atoms with van der Waals surface area (Å²) in [5, 5.41) is 0.169. The van der Waals surface area contributed by atoms with Crippen molar-refractivity contribution in [2.45, 2.75) is 32.5 Å². The molecule has 3 heteroatoms. The first-order valence-electron chi connectivity index (χ1n) is 9.47. The van der Waals surface area contributed by atoms with Gasteiger partial charge in [-0.15, -0.1) is 0 Å². The number of rotatable bonds is 1. The molecule has 0 saturated carbocycles. The monoisotopic (exact) mass is 269 g/mol. The van der Waals surface area contributed by atoms with Crippen molar-refractivity contribution in [2.75, 3.05) is 0 Å². The molecule has 0 fully saturated rings. The molecule has 3 rings (SSSR count). The maximum Gasteiger partial charge on any atom is 0.224 e. The molecule has 2 nitrogen and oxygen atoms in total. The topological polar surface area (TPSA) is 43.1 Å². The number of carbonyl (C=O) groups excluding carboxylic acids is 1. The Labute approximate surface area is 123 Å². The lowest BCUT2D eigenvalue weighted by Gasteiger charge is -2.22. The summed E-state index contributed by atoms with van der Waals surface area (Å²) in [5.41, 5.74) is 5.59. The Bertz CT molecular complexity index is 894. The van der Waals surface area contributed by atoms with E-state index in [4.69, 9.17) is 28.3 Å². The molecule has 2 N–H and O–H groups in total. The Morgan fingerprint density at radius 1 is 1.72 bits per heavy atom. The van der Waals surface area contributed by atoms with Crippen molar-refractivity contribution in [1.29, 1.82) is 0 Å². The lowest BCUT2D eigenvalue weighted by molar-refractivity contribution is -0.121. The lowest BCUT2D eigenvalue weighted by Crippen LogP contribution is -2.27. The second-order valence-corrected chi connectivity index (χ2v) is 4.69. The third-order valence-electron chi connectivity index (χ3n) is 3.14. The van der Waals surface area contributed by atoms with E-state index in [1.54, 1.807) is 6.92 Å². The molecule has 0 aliphatic heterocycles. The zero-order chi connectivity index (χ0) is 20.0. The highest BCUT2D eigenvalue weighted by Gasteiger charge is 2.33. The van der Waals surface area contributed by atoms with E-state index in [9.17, 15) is 4.79 Å². The Hall–Kier alpha value is -1.28.